The highest BCUT2D eigenvalue weighted by Gasteiger charge is 2.20. The molecule has 0 spiro atoms. The molecule has 0 aliphatic heterocycles. The molecule has 0 saturated carbocycles. The van der Waals surface area contributed by atoms with Crippen molar-refractivity contribution < 1.29 is 37.0 Å². The van der Waals surface area contributed by atoms with Gasteiger partial charge in [-0.15, -0.1) is 0 Å². The molecule has 0 heterocycles. The summed E-state index contributed by atoms with van der Waals surface area (Å²) in [7, 11) is -3.66. The van der Waals surface area contributed by atoms with Gasteiger partial charge < -0.3 is 29.6 Å². The van der Waals surface area contributed by atoms with Gasteiger partial charge in [-0.05, 0) is 71.2 Å². The standard InChI is InChI=1S/C54H60N2O8S/c1-3-47-45(25-27-49(61-37-41-17-9-5-10-18-41)53(47)63-39-43-21-13-7-14-22-43)29-33-55-51(57)31-35-65(59,60)36-32-52(58)56-34-30-46-26-28-50(62-38-42-19-11-6-12-20-42)54(48(46)4-2)64-40-44-23-15-8-16-24-44/h5-28H,3-4,29-40H2,1-2H3,(H,55,57)(H,56,58). The van der Waals surface area contributed by atoms with E-state index in [9.17, 15) is 18.0 Å². The van der Waals surface area contributed by atoms with Crippen molar-refractivity contribution in [2.24, 2.45) is 0 Å². The fraction of sp³-hybridized carbons (Fsp3) is 0.296. The zero-order valence-corrected chi connectivity index (χ0v) is 38.2. The Balaban J connectivity index is 0.965. The normalized spacial score (nSPS) is 11.1. The molecule has 6 aromatic rings. The fourth-order valence-corrected chi connectivity index (χ4v) is 8.66. The molecule has 0 aliphatic carbocycles. The summed E-state index contributed by atoms with van der Waals surface area (Å²) >= 11 is 0. The fourth-order valence-electron chi connectivity index (χ4n) is 7.46. The summed E-state index contributed by atoms with van der Waals surface area (Å²) < 4.78 is 51.2. The maximum absolute atomic E-state index is 12.9. The molecule has 6 aromatic carbocycles. The van der Waals surface area contributed by atoms with Crippen LogP contribution in [0.4, 0.5) is 0 Å². The molecule has 0 fully saturated rings. The molecular weight excluding hydrogens is 837 g/mol. The van der Waals surface area contributed by atoms with Gasteiger partial charge in [0.15, 0.2) is 32.8 Å². The Hall–Kier alpha value is -6.59. The van der Waals surface area contributed by atoms with Crippen LogP contribution in [0.2, 0.25) is 0 Å². The summed E-state index contributed by atoms with van der Waals surface area (Å²) in [6.45, 7) is 6.29. The van der Waals surface area contributed by atoms with Crippen LogP contribution in [0.15, 0.2) is 146 Å². The lowest BCUT2D eigenvalue weighted by molar-refractivity contribution is -0.121. The number of amides is 2. The molecule has 0 aromatic heterocycles. The SMILES string of the molecule is CCc1c(CCNC(=O)CCS(=O)(=O)CCC(=O)NCCc2ccc(OCc3ccccc3)c(OCc3ccccc3)c2CC)ccc(OCc2ccccc2)c1OCc1ccccc1. The summed E-state index contributed by atoms with van der Waals surface area (Å²) in [6.07, 6.45) is 2.03. The molecule has 2 amide bonds. The van der Waals surface area contributed by atoms with E-state index in [4.69, 9.17) is 18.9 Å². The lowest BCUT2D eigenvalue weighted by Crippen LogP contribution is -2.30. The monoisotopic (exact) mass is 896 g/mol. The van der Waals surface area contributed by atoms with E-state index in [2.05, 4.69) is 24.5 Å². The van der Waals surface area contributed by atoms with Crippen molar-refractivity contribution in [1.82, 2.24) is 10.6 Å². The van der Waals surface area contributed by atoms with E-state index in [0.29, 0.717) is 88.2 Å². The Morgan fingerprint density at radius 3 is 1.09 bits per heavy atom. The van der Waals surface area contributed by atoms with Crippen molar-refractivity contribution in [3.63, 3.8) is 0 Å². The molecule has 0 aliphatic rings. The van der Waals surface area contributed by atoms with Gasteiger partial charge in [-0.1, -0.05) is 147 Å². The first kappa shape index (κ1) is 47.9. The minimum atomic E-state index is -3.66. The lowest BCUT2D eigenvalue weighted by Gasteiger charge is -2.19. The number of hydrogen-bond acceptors (Lipinski definition) is 8. The van der Waals surface area contributed by atoms with Crippen LogP contribution in [0.1, 0.15) is 71.2 Å². The van der Waals surface area contributed by atoms with E-state index in [-0.39, 0.29) is 36.2 Å². The smallest absolute Gasteiger partial charge is 0.221 e. The van der Waals surface area contributed by atoms with Crippen LogP contribution < -0.4 is 29.6 Å². The van der Waals surface area contributed by atoms with Gasteiger partial charge in [0.25, 0.3) is 0 Å². The van der Waals surface area contributed by atoms with E-state index in [1.807, 2.05) is 146 Å². The van der Waals surface area contributed by atoms with Crippen LogP contribution >= 0.6 is 0 Å². The molecule has 340 valence electrons. The third-order valence-electron chi connectivity index (χ3n) is 11.0. The number of hydrogen-bond donors (Lipinski definition) is 2. The van der Waals surface area contributed by atoms with Gasteiger partial charge in [0.05, 0.1) is 11.5 Å². The number of ether oxygens (including phenoxy) is 4. The first-order valence-corrected chi connectivity index (χ1v) is 24.2. The summed E-state index contributed by atoms with van der Waals surface area (Å²) in [5.41, 5.74) is 8.15. The summed E-state index contributed by atoms with van der Waals surface area (Å²) in [5.74, 6) is 1.22. The topological polar surface area (TPSA) is 129 Å². The highest BCUT2D eigenvalue weighted by molar-refractivity contribution is 7.91. The number of carbonyl (C=O) groups excluding carboxylic acids is 2. The van der Waals surface area contributed by atoms with Crippen molar-refractivity contribution in [2.75, 3.05) is 24.6 Å². The lowest BCUT2D eigenvalue weighted by atomic mass is 10.0. The number of sulfone groups is 1. The van der Waals surface area contributed by atoms with Gasteiger partial charge >= 0.3 is 0 Å². The van der Waals surface area contributed by atoms with Crippen molar-refractivity contribution in [1.29, 1.82) is 0 Å². The number of rotatable bonds is 26. The van der Waals surface area contributed by atoms with E-state index in [0.717, 1.165) is 44.5 Å². The van der Waals surface area contributed by atoms with Crippen LogP contribution in [-0.4, -0.2) is 44.8 Å². The molecule has 0 bridgehead atoms. The second-order valence-corrected chi connectivity index (χ2v) is 18.0. The summed E-state index contributed by atoms with van der Waals surface area (Å²) in [6, 6.07) is 47.6. The molecule has 0 unspecified atom stereocenters. The average Bonchev–Trinajstić information content (AvgIpc) is 3.34. The minimum absolute atomic E-state index is 0.193. The predicted molar refractivity (Wildman–Crippen MR) is 256 cm³/mol. The van der Waals surface area contributed by atoms with Crippen molar-refractivity contribution >= 4 is 21.7 Å². The third kappa shape index (κ3) is 15.3. The van der Waals surface area contributed by atoms with Crippen molar-refractivity contribution in [2.45, 2.75) is 78.8 Å². The van der Waals surface area contributed by atoms with Gasteiger partial charge in [-0.2, -0.15) is 0 Å². The highest BCUT2D eigenvalue weighted by atomic mass is 32.2. The molecule has 0 atom stereocenters. The van der Waals surface area contributed by atoms with Crippen LogP contribution in [0.25, 0.3) is 0 Å². The maximum atomic E-state index is 12.9. The molecule has 11 heteroatoms. The highest BCUT2D eigenvalue weighted by Crippen LogP contribution is 2.37. The van der Waals surface area contributed by atoms with E-state index < -0.39 is 9.84 Å². The molecule has 2 N–H and O–H groups in total. The van der Waals surface area contributed by atoms with Crippen LogP contribution in [0.5, 0.6) is 23.0 Å². The second-order valence-electron chi connectivity index (χ2n) is 15.7. The number of carbonyl (C=O) groups is 2. The first-order chi connectivity index (χ1) is 31.7. The molecular formula is C54H60N2O8S. The van der Waals surface area contributed by atoms with E-state index in [1.54, 1.807) is 0 Å². The Bertz CT molecular complexity index is 2350. The van der Waals surface area contributed by atoms with Crippen LogP contribution in [-0.2, 0) is 71.5 Å². The zero-order valence-electron chi connectivity index (χ0n) is 37.4. The van der Waals surface area contributed by atoms with Gasteiger partial charge in [0, 0.05) is 37.1 Å². The number of nitrogens with one attached hydrogen (secondary N) is 2. The molecule has 10 nitrogen and oxygen atoms in total. The second kappa shape index (κ2) is 25.0. The first-order valence-electron chi connectivity index (χ1n) is 22.4. The molecule has 6 rings (SSSR count). The van der Waals surface area contributed by atoms with Gasteiger partial charge in [-0.25, -0.2) is 8.42 Å². The van der Waals surface area contributed by atoms with Crippen molar-refractivity contribution in [3.8, 4) is 23.0 Å². The Morgan fingerprint density at radius 2 is 0.769 bits per heavy atom. The van der Waals surface area contributed by atoms with Gasteiger partial charge in [-0.3, -0.25) is 9.59 Å². The Kier molecular flexibility index (Phi) is 18.4. The largest absolute Gasteiger partial charge is 0.485 e. The molecule has 65 heavy (non-hydrogen) atoms. The minimum Gasteiger partial charge on any atom is -0.485 e. The maximum Gasteiger partial charge on any atom is 0.221 e. The molecule has 0 saturated heterocycles. The van der Waals surface area contributed by atoms with Crippen molar-refractivity contribution in [3.05, 3.63) is 190 Å². The Labute approximate surface area is 384 Å². The van der Waals surface area contributed by atoms with E-state index in [1.165, 1.54) is 0 Å². The van der Waals surface area contributed by atoms with Crippen LogP contribution in [0.3, 0.4) is 0 Å². The van der Waals surface area contributed by atoms with Gasteiger partial charge in [0.2, 0.25) is 11.8 Å². The zero-order chi connectivity index (χ0) is 45.7. The van der Waals surface area contributed by atoms with Crippen LogP contribution in [0, 0.1) is 0 Å². The molecule has 0 radical (unpaired) electrons. The summed E-state index contributed by atoms with van der Waals surface area (Å²) in [5, 5.41) is 5.76. The third-order valence-corrected chi connectivity index (χ3v) is 12.6. The quantitative estimate of drug-likeness (QED) is 0.0552. The van der Waals surface area contributed by atoms with E-state index >= 15 is 0 Å². The summed E-state index contributed by atoms with van der Waals surface area (Å²) in [4.78, 5) is 25.7. The number of benzene rings is 6. The predicted octanol–water partition coefficient (Wildman–Crippen LogP) is 9.34. The average molecular weight is 897 g/mol. The van der Waals surface area contributed by atoms with Gasteiger partial charge in [0.1, 0.15) is 26.4 Å². The Morgan fingerprint density at radius 1 is 0.446 bits per heavy atom.